The van der Waals surface area contributed by atoms with Gasteiger partial charge in [-0.05, 0) is 41.8 Å². The molecule has 1 aliphatic rings. The second kappa shape index (κ2) is 5.91. The van der Waals surface area contributed by atoms with Crippen LogP contribution in [-0.2, 0) is 10.3 Å². The van der Waals surface area contributed by atoms with Gasteiger partial charge in [-0.2, -0.15) is 0 Å². The normalized spacial score (nSPS) is 20.9. The average Bonchev–Trinajstić information content (AvgIpc) is 2.55. The Morgan fingerprint density at radius 1 is 1.25 bits per heavy atom. The SMILES string of the molecule is CN1C(=O)CC(C)(c2cccc(-c3ccc(F)c(Cl)c3)c2)N=C1N. The van der Waals surface area contributed by atoms with Gasteiger partial charge in [0.25, 0.3) is 0 Å². The smallest absolute Gasteiger partial charge is 0.231 e. The summed E-state index contributed by atoms with van der Waals surface area (Å²) >= 11 is 5.87. The molecular weight excluding hydrogens is 329 g/mol. The Kier molecular flexibility index (Phi) is 4.05. The van der Waals surface area contributed by atoms with Crippen LogP contribution in [0.5, 0.6) is 0 Å². The number of aliphatic imine (C=N–C) groups is 1. The highest BCUT2D eigenvalue weighted by atomic mass is 35.5. The zero-order chi connectivity index (χ0) is 17.5. The molecule has 1 amide bonds. The van der Waals surface area contributed by atoms with Crippen LogP contribution in [-0.4, -0.2) is 23.8 Å². The van der Waals surface area contributed by atoms with Gasteiger partial charge < -0.3 is 5.73 Å². The van der Waals surface area contributed by atoms with Gasteiger partial charge in [0.2, 0.25) is 5.91 Å². The molecule has 0 radical (unpaired) electrons. The quantitative estimate of drug-likeness (QED) is 0.905. The van der Waals surface area contributed by atoms with E-state index in [1.54, 1.807) is 19.2 Å². The van der Waals surface area contributed by atoms with E-state index in [1.807, 2.05) is 31.2 Å². The predicted octanol–water partition coefficient (Wildman–Crippen LogP) is 3.54. The molecule has 2 aromatic carbocycles. The van der Waals surface area contributed by atoms with E-state index >= 15 is 0 Å². The molecule has 0 saturated carbocycles. The molecule has 2 N–H and O–H groups in total. The lowest BCUT2D eigenvalue weighted by atomic mass is 9.86. The third-order valence-electron chi connectivity index (χ3n) is 4.31. The van der Waals surface area contributed by atoms with Crippen molar-refractivity contribution in [3.8, 4) is 11.1 Å². The Bertz CT molecular complexity index is 852. The molecule has 1 aliphatic heterocycles. The van der Waals surface area contributed by atoms with Crippen LogP contribution in [0.25, 0.3) is 11.1 Å². The summed E-state index contributed by atoms with van der Waals surface area (Å²) in [5, 5.41) is 0.0702. The lowest BCUT2D eigenvalue weighted by molar-refractivity contribution is -0.128. The lowest BCUT2D eigenvalue weighted by Gasteiger charge is -2.33. The van der Waals surface area contributed by atoms with E-state index < -0.39 is 11.4 Å². The fraction of sp³-hybridized carbons (Fsp3) is 0.222. The first-order valence-corrected chi connectivity index (χ1v) is 7.86. The summed E-state index contributed by atoms with van der Waals surface area (Å²) in [6, 6.07) is 12.2. The molecule has 0 bridgehead atoms. The third kappa shape index (κ3) is 2.87. The molecule has 124 valence electrons. The van der Waals surface area contributed by atoms with Gasteiger partial charge in [-0.3, -0.25) is 9.69 Å². The van der Waals surface area contributed by atoms with Gasteiger partial charge in [0, 0.05) is 7.05 Å². The molecule has 3 rings (SSSR count). The Hall–Kier alpha value is -2.40. The Labute approximate surface area is 144 Å². The van der Waals surface area contributed by atoms with Crippen molar-refractivity contribution >= 4 is 23.5 Å². The number of rotatable bonds is 2. The highest BCUT2D eigenvalue weighted by Crippen LogP contribution is 2.35. The first kappa shape index (κ1) is 16.5. The Morgan fingerprint density at radius 3 is 2.62 bits per heavy atom. The van der Waals surface area contributed by atoms with Crippen LogP contribution in [0.4, 0.5) is 4.39 Å². The molecule has 0 saturated heterocycles. The van der Waals surface area contributed by atoms with Crippen LogP contribution in [0.15, 0.2) is 47.5 Å². The molecule has 2 aromatic rings. The predicted molar refractivity (Wildman–Crippen MR) is 93.2 cm³/mol. The van der Waals surface area contributed by atoms with E-state index in [9.17, 15) is 9.18 Å². The first-order chi connectivity index (χ1) is 11.3. The molecule has 0 aliphatic carbocycles. The molecule has 1 unspecified atom stereocenters. The molecule has 24 heavy (non-hydrogen) atoms. The van der Waals surface area contributed by atoms with Crippen molar-refractivity contribution in [1.82, 2.24) is 4.90 Å². The van der Waals surface area contributed by atoms with Crippen molar-refractivity contribution < 1.29 is 9.18 Å². The largest absolute Gasteiger partial charge is 0.369 e. The first-order valence-electron chi connectivity index (χ1n) is 7.48. The molecule has 0 fully saturated rings. The molecule has 1 heterocycles. The maximum atomic E-state index is 13.4. The number of amides is 1. The summed E-state index contributed by atoms with van der Waals surface area (Å²) in [6.45, 7) is 1.88. The summed E-state index contributed by atoms with van der Waals surface area (Å²) in [5.74, 6) is -0.342. The van der Waals surface area contributed by atoms with Crippen molar-refractivity contribution in [3.05, 3.63) is 58.9 Å². The number of hydrogen-bond acceptors (Lipinski definition) is 3. The number of carbonyl (C=O) groups excluding carboxylic acids is 1. The molecule has 4 nitrogen and oxygen atoms in total. The van der Waals surface area contributed by atoms with Gasteiger partial charge in [0.1, 0.15) is 5.82 Å². The van der Waals surface area contributed by atoms with Gasteiger partial charge in [0.15, 0.2) is 5.96 Å². The van der Waals surface area contributed by atoms with Crippen LogP contribution < -0.4 is 5.73 Å². The van der Waals surface area contributed by atoms with Crippen LogP contribution in [0.3, 0.4) is 0 Å². The van der Waals surface area contributed by atoms with E-state index in [4.69, 9.17) is 17.3 Å². The average molecular weight is 346 g/mol. The number of nitrogens with zero attached hydrogens (tertiary/aromatic N) is 2. The van der Waals surface area contributed by atoms with E-state index in [-0.39, 0.29) is 23.3 Å². The topological polar surface area (TPSA) is 58.7 Å². The fourth-order valence-corrected chi connectivity index (χ4v) is 2.96. The minimum Gasteiger partial charge on any atom is -0.369 e. The Balaban J connectivity index is 2.05. The molecular formula is C18H17ClFN3O. The molecule has 1 atom stereocenters. The van der Waals surface area contributed by atoms with Crippen molar-refractivity contribution in [2.45, 2.75) is 18.9 Å². The van der Waals surface area contributed by atoms with E-state index in [1.165, 1.54) is 11.0 Å². The van der Waals surface area contributed by atoms with E-state index in [0.29, 0.717) is 0 Å². The number of guanidine groups is 1. The van der Waals surface area contributed by atoms with Crippen molar-refractivity contribution in [2.24, 2.45) is 10.7 Å². The maximum Gasteiger partial charge on any atom is 0.231 e. The van der Waals surface area contributed by atoms with Gasteiger partial charge >= 0.3 is 0 Å². The van der Waals surface area contributed by atoms with Crippen LogP contribution in [0.1, 0.15) is 18.9 Å². The maximum absolute atomic E-state index is 13.4. The highest BCUT2D eigenvalue weighted by molar-refractivity contribution is 6.31. The van der Waals surface area contributed by atoms with Gasteiger partial charge in [0.05, 0.1) is 17.0 Å². The number of nitrogens with two attached hydrogens (primary N) is 1. The van der Waals surface area contributed by atoms with E-state index in [2.05, 4.69) is 4.99 Å². The summed E-state index contributed by atoms with van der Waals surface area (Å²) in [4.78, 5) is 18.0. The second-order valence-electron chi connectivity index (χ2n) is 6.08. The number of hydrogen-bond donors (Lipinski definition) is 1. The lowest BCUT2D eigenvalue weighted by Crippen LogP contribution is -2.47. The van der Waals surface area contributed by atoms with Crippen LogP contribution in [0.2, 0.25) is 5.02 Å². The molecule has 0 aromatic heterocycles. The number of benzene rings is 2. The van der Waals surface area contributed by atoms with Gasteiger partial charge in [-0.25, -0.2) is 9.38 Å². The fourth-order valence-electron chi connectivity index (χ4n) is 2.78. The highest BCUT2D eigenvalue weighted by Gasteiger charge is 2.36. The number of carbonyl (C=O) groups is 1. The standard InChI is InChI=1S/C18H17ClFN3O/c1-18(10-16(24)23(2)17(21)22-18)13-5-3-4-11(8-13)12-6-7-15(20)14(19)9-12/h3-9H,10H2,1-2H3,(H2,21,22). The van der Waals surface area contributed by atoms with E-state index in [0.717, 1.165) is 16.7 Å². The Morgan fingerprint density at radius 2 is 1.96 bits per heavy atom. The third-order valence-corrected chi connectivity index (χ3v) is 4.60. The van der Waals surface area contributed by atoms with Crippen molar-refractivity contribution in [1.29, 1.82) is 0 Å². The van der Waals surface area contributed by atoms with Crippen LogP contribution >= 0.6 is 11.6 Å². The van der Waals surface area contributed by atoms with Crippen molar-refractivity contribution in [3.63, 3.8) is 0 Å². The zero-order valence-corrected chi connectivity index (χ0v) is 14.1. The monoisotopic (exact) mass is 345 g/mol. The minimum absolute atomic E-state index is 0.0702. The summed E-state index contributed by atoms with van der Waals surface area (Å²) in [6.07, 6.45) is 0.234. The summed E-state index contributed by atoms with van der Waals surface area (Å²) in [7, 11) is 1.61. The summed E-state index contributed by atoms with van der Waals surface area (Å²) < 4.78 is 13.4. The zero-order valence-electron chi connectivity index (χ0n) is 13.4. The number of halogens is 2. The molecule has 0 spiro atoms. The van der Waals surface area contributed by atoms with Gasteiger partial charge in [-0.1, -0.05) is 35.9 Å². The van der Waals surface area contributed by atoms with Crippen LogP contribution in [0, 0.1) is 5.82 Å². The second-order valence-corrected chi connectivity index (χ2v) is 6.49. The van der Waals surface area contributed by atoms with Gasteiger partial charge in [-0.15, -0.1) is 0 Å². The molecule has 6 heteroatoms. The minimum atomic E-state index is -0.729. The van der Waals surface area contributed by atoms with Crippen molar-refractivity contribution in [2.75, 3.05) is 7.05 Å². The summed E-state index contributed by atoms with van der Waals surface area (Å²) in [5.41, 5.74) is 7.67.